The van der Waals surface area contributed by atoms with Gasteiger partial charge in [-0.3, -0.25) is 9.47 Å². The molecule has 0 radical (unpaired) electrons. The van der Waals surface area contributed by atoms with Gasteiger partial charge < -0.3 is 4.74 Å². The van der Waals surface area contributed by atoms with Crippen molar-refractivity contribution in [2.24, 2.45) is 7.05 Å². The van der Waals surface area contributed by atoms with E-state index >= 15 is 0 Å². The van der Waals surface area contributed by atoms with Crippen LogP contribution in [0.4, 0.5) is 0 Å². The van der Waals surface area contributed by atoms with Crippen LogP contribution >= 0.6 is 0 Å². The molecular formula is C24H34N4O3. The Bertz CT molecular complexity index is 1010. The monoisotopic (exact) mass is 426 g/mol. The van der Waals surface area contributed by atoms with Crippen molar-refractivity contribution in [1.29, 1.82) is 0 Å². The van der Waals surface area contributed by atoms with Crippen molar-refractivity contribution in [2.75, 3.05) is 6.54 Å². The van der Waals surface area contributed by atoms with E-state index in [2.05, 4.69) is 41.1 Å². The van der Waals surface area contributed by atoms with E-state index in [4.69, 9.17) is 4.74 Å². The van der Waals surface area contributed by atoms with Crippen LogP contribution in [0.3, 0.4) is 0 Å². The zero-order valence-electron chi connectivity index (χ0n) is 18.9. The summed E-state index contributed by atoms with van der Waals surface area (Å²) in [6, 6.07) is 9.50. The second kappa shape index (κ2) is 9.49. The topological polar surface area (TPSA) is 69.4 Å². The maximum Gasteiger partial charge on any atom is 0.353 e. The van der Waals surface area contributed by atoms with Crippen LogP contribution in [0.2, 0.25) is 0 Å². The van der Waals surface area contributed by atoms with E-state index in [9.17, 15) is 9.59 Å². The Hall–Kier alpha value is -2.25. The normalized spacial score (nSPS) is 23.4. The first kappa shape index (κ1) is 22.0. The molecule has 2 saturated heterocycles. The SMILES string of the molecule is CCc1nc(=O)n(CCCN2C3CCC2CC(OCc2ccccc2C)C3)c(=O)n1C. The largest absolute Gasteiger partial charge is 0.373 e. The number of piperidine rings is 1. The van der Waals surface area contributed by atoms with Crippen molar-refractivity contribution >= 4 is 0 Å². The highest BCUT2D eigenvalue weighted by Crippen LogP contribution is 2.37. The van der Waals surface area contributed by atoms with Crippen LogP contribution < -0.4 is 11.4 Å². The van der Waals surface area contributed by atoms with Crippen LogP contribution in [0.25, 0.3) is 0 Å². The third kappa shape index (κ3) is 4.67. The first-order valence-electron chi connectivity index (χ1n) is 11.6. The number of aromatic nitrogens is 3. The maximum atomic E-state index is 12.5. The molecule has 1 aromatic heterocycles. The van der Waals surface area contributed by atoms with E-state index in [1.807, 2.05) is 6.92 Å². The van der Waals surface area contributed by atoms with Gasteiger partial charge in [0, 0.05) is 38.6 Å². The lowest BCUT2D eigenvalue weighted by Crippen LogP contribution is -2.47. The highest BCUT2D eigenvalue weighted by molar-refractivity contribution is 5.24. The molecule has 4 rings (SSSR count). The highest BCUT2D eigenvalue weighted by Gasteiger charge is 2.40. The lowest BCUT2D eigenvalue weighted by atomic mass is 9.99. The number of aryl methyl sites for hydroxylation is 2. The van der Waals surface area contributed by atoms with Gasteiger partial charge in [0.25, 0.3) is 0 Å². The van der Waals surface area contributed by atoms with E-state index < -0.39 is 5.69 Å². The summed E-state index contributed by atoms with van der Waals surface area (Å²) < 4.78 is 9.06. The Morgan fingerprint density at radius 2 is 1.81 bits per heavy atom. The van der Waals surface area contributed by atoms with Crippen molar-refractivity contribution in [3.63, 3.8) is 0 Å². The van der Waals surface area contributed by atoms with Gasteiger partial charge in [-0.2, -0.15) is 4.98 Å². The zero-order chi connectivity index (χ0) is 22.0. The number of nitrogens with zero attached hydrogens (tertiary/aromatic N) is 4. The van der Waals surface area contributed by atoms with Crippen molar-refractivity contribution in [3.8, 4) is 0 Å². The molecule has 2 atom stereocenters. The van der Waals surface area contributed by atoms with E-state index in [1.165, 1.54) is 33.1 Å². The molecule has 31 heavy (non-hydrogen) atoms. The summed E-state index contributed by atoms with van der Waals surface area (Å²) in [7, 11) is 1.69. The van der Waals surface area contributed by atoms with Crippen molar-refractivity contribution in [1.82, 2.24) is 19.0 Å². The molecule has 3 heterocycles. The Labute approximate surface area is 183 Å². The van der Waals surface area contributed by atoms with E-state index in [0.717, 1.165) is 25.8 Å². The first-order chi connectivity index (χ1) is 15.0. The standard InChI is InChI=1S/C24H34N4O3/c1-4-22-25-23(29)28(24(30)26(22)3)13-7-12-27-19-10-11-20(27)15-21(14-19)31-16-18-9-6-5-8-17(18)2/h5-6,8-9,19-21H,4,7,10-16H2,1-3H3. The Balaban J connectivity index is 1.31. The van der Waals surface area contributed by atoms with Gasteiger partial charge in [-0.25, -0.2) is 14.2 Å². The minimum absolute atomic E-state index is 0.261. The number of fused-ring (bicyclic) bond motifs is 2. The molecule has 0 saturated carbocycles. The van der Waals surface area contributed by atoms with Crippen molar-refractivity contribution in [3.05, 3.63) is 62.2 Å². The molecule has 0 aliphatic carbocycles. The fraction of sp³-hybridized carbons (Fsp3) is 0.625. The van der Waals surface area contributed by atoms with E-state index in [0.29, 0.717) is 43.6 Å². The molecule has 0 N–H and O–H groups in total. The molecule has 2 aromatic rings. The van der Waals surface area contributed by atoms with Crippen LogP contribution in [0.15, 0.2) is 33.9 Å². The van der Waals surface area contributed by atoms with E-state index in [1.54, 1.807) is 7.05 Å². The average Bonchev–Trinajstić information content (AvgIpc) is 3.00. The Morgan fingerprint density at radius 3 is 2.48 bits per heavy atom. The van der Waals surface area contributed by atoms with Gasteiger partial charge in [0.15, 0.2) is 0 Å². The number of rotatable bonds is 8. The molecule has 0 amide bonds. The number of hydrogen-bond donors (Lipinski definition) is 0. The van der Waals surface area contributed by atoms with Gasteiger partial charge >= 0.3 is 11.4 Å². The van der Waals surface area contributed by atoms with Crippen LogP contribution in [-0.2, 0) is 31.4 Å². The molecule has 2 bridgehead atoms. The molecule has 168 valence electrons. The molecular weight excluding hydrogens is 392 g/mol. The number of benzene rings is 1. The van der Waals surface area contributed by atoms with Gasteiger partial charge in [-0.05, 0) is 50.2 Å². The lowest BCUT2D eigenvalue weighted by molar-refractivity contribution is -0.0287. The fourth-order valence-electron chi connectivity index (χ4n) is 5.24. The Kier molecular flexibility index (Phi) is 6.72. The van der Waals surface area contributed by atoms with Crippen LogP contribution in [0.1, 0.15) is 56.0 Å². The molecule has 2 fully saturated rings. The fourth-order valence-corrected chi connectivity index (χ4v) is 5.24. The summed E-state index contributed by atoms with van der Waals surface area (Å²) >= 11 is 0. The summed E-state index contributed by atoms with van der Waals surface area (Å²) in [5, 5.41) is 0. The molecule has 7 heteroatoms. The van der Waals surface area contributed by atoms with Crippen molar-refractivity contribution < 1.29 is 4.74 Å². The first-order valence-corrected chi connectivity index (χ1v) is 11.6. The average molecular weight is 427 g/mol. The zero-order valence-corrected chi connectivity index (χ0v) is 18.9. The predicted octanol–water partition coefficient (Wildman–Crippen LogP) is 2.42. The summed E-state index contributed by atoms with van der Waals surface area (Å²) in [6.45, 7) is 6.05. The maximum absolute atomic E-state index is 12.5. The Morgan fingerprint density at radius 1 is 1.10 bits per heavy atom. The van der Waals surface area contributed by atoms with Gasteiger partial charge in [-0.15, -0.1) is 0 Å². The summed E-state index contributed by atoms with van der Waals surface area (Å²) in [6.07, 6.45) is 6.23. The molecule has 2 aliphatic heterocycles. The van der Waals surface area contributed by atoms with Gasteiger partial charge in [0.05, 0.1) is 12.7 Å². The quantitative estimate of drug-likeness (QED) is 0.648. The molecule has 7 nitrogen and oxygen atoms in total. The summed E-state index contributed by atoms with van der Waals surface area (Å²) in [5.74, 6) is 0.539. The van der Waals surface area contributed by atoms with Gasteiger partial charge in [0.1, 0.15) is 5.82 Å². The van der Waals surface area contributed by atoms with Crippen molar-refractivity contribution in [2.45, 2.75) is 83.7 Å². The minimum Gasteiger partial charge on any atom is -0.373 e. The molecule has 1 aromatic carbocycles. The number of hydrogen-bond acceptors (Lipinski definition) is 5. The van der Waals surface area contributed by atoms with Crippen LogP contribution in [0.5, 0.6) is 0 Å². The number of ether oxygens (including phenoxy) is 1. The molecule has 0 spiro atoms. The summed E-state index contributed by atoms with van der Waals surface area (Å²) in [4.78, 5) is 31.4. The summed E-state index contributed by atoms with van der Waals surface area (Å²) in [5.41, 5.74) is 1.87. The van der Waals surface area contributed by atoms with Crippen LogP contribution in [0, 0.1) is 6.92 Å². The van der Waals surface area contributed by atoms with Crippen LogP contribution in [-0.4, -0.2) is 43.8 Å². The van der Waals surface area contributed by atoms with Gasteiger partial charge in [0.2, 0.25) is 0 Å². The third-order valence-corrected chi connectivity index (χ3v) is 7.05. The second-order valence-corrected chi connectivity index (χ2v) is 8.96. The third-order valence-electron chi connectivity index (χ3n) is 7.05. The minimum atomic E-state index is -0.425. The highest BCUT2D eigenvalue weighted by atomic mass is 16.5. The lowest BCUT2D eigenvalue weighted by Gasteiger charge is -2.39. The smallest absolute Gasteiger partial charge is 0.353 e. The molecule has 2 unspecified atom stereocenters. The predicted molar refractivity (Wildman–Crippen MR) is 120 cm³/mol. The van der Waals surface area contributed by atoms with E-state index in [-0.39, 0.29) is 5.69 Å². The molecule has 2 aliphatic rings. The second-order valence-electron chi connectivity index (χ2n) is 8.96. The van der Waals surface area contributed by atoms with Gasteiger partial charge in [-0.1, -0.05) is 31.2 Å².